The number of ether oxygens (including phenoxy) is 1. The smallest absolute Gasteiger partial charge is 0.180 e. The average molecular weight is 326 g/mol. The van der Waals surface area contributed by atoms with E-state index in [2.05, 4.69) is 32.6 Å². The summed E-state index contributed by atoms with van der Waals surface area (Å²) in [5, 5.41) is 0.567. The van der Waals surface area contributed by atoms with Gasteiger partial charge in [0.2, 0.25) is 0 Å². The van der Waals surface area contributed by atoms with E-state index in [9.17, 15) is 4.79 Å². The van der Waals surface area contributed by atoms with Crippen molar-refractivity contribution in [3.63, 3.8) is 0 Å². The van der Waals surface area contributed by atoms with Crippen molar-refractivity contribution in [1.29, 1.82) is 0 Å². The van der Waals surface area contributed by atoms with Crippen molar-refractivity contribution in [3.8, 4) is 5.75 Å². The van der Waals surface area contributed by atoms with Crippen LogP contribution in [0, 0.1) is 5.92 Å². The summed E-state index contributed by atoms with van der Waals surface area (Å²) in [6.45, 7) is 11.3. The molecule has 0 amide bonds. The first-order valence-corrected chi connectivity index (χ1v) is 8.53. The number of carbonyl (C=O) groups excluding carboxylic acids is 1. The first-order chi connectivity index (χ1) is 10.5. The van der Waals surface area contributed by atoms with Crippen LogP contribution >= 0.6 is 11.6 Å². The second kappa shape index (κ2) is 9.86. The van der Waals surface area contributed by atoms with Gasteiger partial charge in [-0.2, -0.15) is 0 Å². The van der Waals surface area contributed by atoms with E-state index in [1.54, 1.807) is 18.2 Å². The van der Waals surface area contributed by atoms with E-state index in [0.29, 0.717) is 35.4 Å². The van der Waals surface area contributed by atoms with Crippen LogP contribution in [0.2, 0.25) is 5.02 Å². The van der Waals surface area contributed by atoms with Crippen molar-refractivity contribution in [1.82, 2.24) is 4.90 Å². The molecular formula is C18H28ClNO2. The summed E-state index contributed by atoms with van der Waals surface area (Å²) in [5.41, 5.74) is 0.588. The molecule has 0 radical (unpaired) electrons. The Balaban J connectivity index is 2.87. The van der Waals surface area contributed by atoms with Crippen LogP contribution in [0.15, 0.2) is 18.2 Å². The number of carbonyl (C=O) groups is 1. The maximum Gasteiger partial charge on any atom is 0.180 e. The lowest BCUT2D eigenvalue weighted by Gasteiger charge is -2.21. The summed E-state index contributed by atoms with van der Waals surface area (Å²) in [5.74, 6) is 1.12. The van der Waals surface area contributed by atoms with Gasteiger partial charge < -0.3 is 4.74 Å². The molecule has 22 heavy (non-hydrogen) atoms. The molecule has 0 unspecified atom stereocenters. The van der Waals surface area contributed by atoms with Gasteiger partial charge in [-0.3, -0.25) is 9.69 Å². The molecule has 0 saturated carbocycles. The third-order valence-corrected chi connectivity index (χ3v) is 3.50. The van der Waals surface area contributed by atoms with Crippen LogP contribution in [-0.2, 0) is 0 Å². The topological polar surface area (TPSA) is 29.5 Å². The van der Waals surface area contributed by atoms with Crippen molar-refractivity contribution < 1.29 is 9.53 Å². The summed E-state index contributed by atoms with van der Waals surface area (Å²) in [7, 11) is 0. The molecule has 0 atom stereocenters. The van der Waals surface area contributed by atoms with E-state index >= 15 is 0 Å². The normalized spacial score (nSPS) is 11.2. The molecule has 0 heterocycles. The van der Waals surface area contributed by atoms with Crippen molar-refractivity contribution in [2.45, 2.75) is 40.5 Å². The van der Waals surface area contributed by atoms with Gasteiger partial charge in [0.1, 0.15) is 5.75 Å². The summed E-state index contributed by atoms with van der Waals surface area (Å²) in [4.78, 5) is 14.8. The number of benzene rings is 1. The van der Waals surface area contributed by atoms with E-state index in [0.717, 1.165) is 25.9 Å². The Morgan fingerprint density at radius 3 is 2.41 bits per heavy atom. The number of hydrogen-bond donors (Lipinski definition) is 0. The van der Waals surface area contributed by atoms with Gasteiger partial charge in [0.15, 0.2) is 5.78 Å². The van der Waals surface area contributed by atoms with Crippen LogP contribution in [0.4, 0.5) is 0 Å². The molecule has 1 aromatic carbocycles. The lowest BCUT2D eigenvalue weighted by atomic mass is 10.1. The summed E-state index contributed by atoms with van der Waals surface area (Å²) >= 11 is 6.06. The van der Waals surface area contributed by atoms with E-state index in [4.69, 9.17) is 16.3 Å². The minimum absolute atomic E-state index is 0.0724. The Labute approximate surface area is 139 Å². The molecule has 124 valence electrons. The summed E-state index contributed by atoms with van der Waals surface area (Å²) in [6.07, 6.45) is 2.08. The van der Waals surface area contributed by atoms with E-state index in [1.165, 1.54) is 0 Å². The zero-order chi connectivity index (χ0) is 16.5. The summed E-state index contributed by atoms with van der Waals surface area (Å²) < 4.78 is 5.78. The Hall–Kier alpha value is -1.06. The largest absolute Gasteiger partial charge is 0.493 e. The first-order valence-electron chi connectivity index (χ1n) is 8.15. The number of nitrogens with zero attached hydrogens (tertiary/aromatic N) is 1. The highest BCUT2D eigenvalue weighted by Crippen LogP contribution is 2.24. The lowest BCUT2D eigenvalue weighted by molar-refractivity contribution is 0.0926. The van der Waals surface area contributed by atoms with Gasteiger partial charge in [0, 0.05) is 5.02 Å². The molecule has 0 fully saturated rings. The van der Waals surface area contributed by atoms with Crippen molar-refractivity contribution in [2.75, 3.05) is 26.2 Å². The third kappa shape index (κ3) is 6.37. The van der Waals surface area contributed by atoms with Gasteiger partial charge in [-0.15, -0.1) is 0 Å². The first kappa shape index (κ1) is 19.0. The number of ketones is 1. The molecule has 0 aliphatic heterocycles. The fraction of sp³-hybridized carbons (Fsp3) is 0.611. The Morgan fingerprint density at radius 1 is 1.23 bits per heavy atom. The number of rotatable bonds is 10. The average Bonchev–Trinajstić information content (AvgIpc) is 2.46. The molecule has 0 aliphatic carbocycles. The van der Waals surface area contributed by atoms with Gasteiger partial charge in [0.25, 0.3) is 0 Å². The van der Waals surface area contributed by atoms with Gasteiger partial charge in [-0.05, 0) is 50.0 Å². The standard InChI is InChI=1S/C18H28ClNO2/c1-5-9-20(10-6-2)12-17(21)16-11-15(19)7-8-18(16)22-13-14(3)4/h7-8,11,14H,5-6,9-10,12-13H2,1-4H3. The fourth-order valence-electron chi connectivity index (χ4n) is 2.29. The van der Waals surface area contributed by atoms with Crippen LogP contribution in [0.5, 0.6) is 5.75 Å². The maximum absolute atomic E-state index is 12.6. The molecule has 0 aromatic heterocycles. The van der Waals surface area contributed by atoms with Crippen LogP contribution in [-0.4, -0.2) is 36.9 Å². The van der Waals surface area contributed by atoms with Crippen molar-refractivity contribution >= 4 is 17.4 Å². The monoisotopic (exact) mass is 325 g/mol. The highest BCUT2D eigenvalue weighted by molar-refractivity contribution is 6.31. The van der Waals surface area contributed by atoms with E-state index < -0.39 is 0 Å². The molecule has 0 N–H and O–H groups in total. The van der Waals surface area contributed by atoms with Gasteiger partial charge in [0.05, 0.1) is 18.7 Å². The second-order valence-electron chi connectivity index (χ2n) is 6.04. The number of Topliss-reactive ketones (excluding diaryl/α,β-unsaturated/α-hetero) is 1. The van der Waals surface area contributed by atoms with Gasteiger partial charge in [-0.25, -0.2) is 0 Å². The predicted molar refractivity (Wildman–Crippen MR) is 93.1 cm³/mol. The SMILES string of the molecule is CCCN(CCC)CC(=O)c1cc(Cl)ccc1OCC(C)C. The van der Waals surface area contributed by atoms with Crippen LogP contribution < -0.4 is 4.74 Å². The second-order valence-corrected chi connectivity index (χ2v) is 6.48. The predicted octanol–water partition coefficient (Wildman–Crippen LogP) is 4.68. The highest BCUT2D eigenvalue weighted by atomic mass is 35.5. The zero-order valence-corrected chi connectivity index (χ0v) is 14.9. The molecule has 1 aromatic rings. The minimum atomic E-state index is 0.0724. The fourth-order valence-corrected chi connectivity index (χ4v) is 2.47. The van der Waals surface area contributed by atoms with Crippen molar-refractivity contribution in [2.24, 2.45) is 5.92 Å². The molecular weight excluding hydrogens is 298 g/mol. The molecule has 0 saturated heterocycles. The van der Waals surface area contributed by atoms with Gasteiger partial charge >= 0.3 is 0 Å². The lowest BCUT2D eigenvalue weighted by Crippen LogP contribution is -2.31. The van der Waals surface area contributed by atoms with Gasteiger partial charge in [-0.1, -0.05) is 39.3 Å². The molecule has 0 spiro atoms. The molecule has 3 nitrogen and oxygen atoms in total. The highest BCUT2D eigenvalue weighted by Gasteiger charge is 2.17. The van der Waals surface area contributed by atoms with Crippen molar-refractivity contribution in [3.05, 3.63) is 28.8 Å². The Bertz CT molecular complexity index is 468. The van der Waals surface area contributed by atoms with E-state index in [1.807, 2.05) is 0 Å². The molecule has 1 rings (SSSR count). The van der Waals surface area contributed by atoms with Crippen LogP contribution in [0.25, 0.3) is 0 Å². The molecule has 4 heteroatoms. The maximum atomic E-state index is 12.6. The number of hydrogen-bond acceptors (Lipinski definition) is 3. The van der Waals surface area contributed by atoms with Crippen LogP contribution in [0.1, 0.15) is 50.9 Å². The third-order valence-electron chi connectivity index (χ3n) is 3.26. The summed E-state index contributed by atoms with van der Waals surface area (Å²) in [6, 6.07) is 5.28. The van der Waals surface area contributed by atoms with Crippen LogP contribution in [0.3, 0.4) is 0 Å². The zero-order valence-electron chi connectivity index (χ0n) is 14.2. The Kier molecular flexibility index (Phi) is 8.51. The molecule has 0 bridgehead atoms. The minimum Gasteiger partial charge on any atom is -0.493 e. The Morgan fingerprint density at radius 2 is 1.86 bits per heavy atom. The van der Waals surface area contributed by atoms with E-state index in [-0.39, 0.29) is 5.78 Å². The quantitative estimate of drug-likeness (QED) is 0.585. The number of halogens is 1. The molecule has 0 aliphatic rings.